The van der Waals surface area contributed by atoms with E-state index in [0.29, 0.717) is 0 Å². The summed E-state index contributed by atoms with van der Waals surface area (Å²) < 4.78 is 5.45. The van der Waals surface area contributed by atoms with Crippen molar-refractivity contribution in [2.24, 2.45) is 0 Å². The molecule has 0 aliphatic carbocycles. The molecule has 0 saturated heterocycles. The van der Waals surface area contributed by atoms with Crippen molar-refractivity contribution in [1.82, 2.24) is 5.32 Å². The van der Waals surface area contributed by atoms with E-state index >= 15 is 0 Å². The van der Waals surface area contributed by atoms with Gasteiger partial charge in [-0.25, -0.2) is 0 Å². The minimum Gasteiger partial charge on any atom is -0.496 e. The summed E-state index contributed by atoms with van der Waals surface area (Å²) in [5.74, 6) is 0.955. The number of methoxy groups -OCH3 is 1. The maximum atomic E-state index is 6.20. The zero-order valence-corrected chi connectivity index (χ0v) is 14.0. The Labute approximate surface area is 132 Å². The second-order valence-electron chi connectivity index (χ2n) is 5.47. The summed E-state index contributed by atoms with van der Waals surface area (Å²) in [6.07, 6.45) is 0. The van der Waals surface area contributed by atoms with E-state index in [2.05, 4.69) is 44.3 Å². The van der Waals surface area contributed by atoms with E-state index in [0.717, 1.165) is 21.9 Å². The summed E-state index contributed by atoms with van der Waals surface area (Å²) in [6.45, 7) is 6.21. The fraction of sp³-hybridized carbons (Fsp3) is 0.333. The number of benzene rings is 2. The Morgan fingerprint density at radius 1 is 0.952 bits per heavy atom. The van der Waals surface area contributed by atoms with Crippen molar-refractivity contribution in [3.63, 3.8) is 0 Å². The third-order valence-electron chi connectivity index (χ3n) is 3.71. The predicted octanol–water partition coefficient (Wildman–Crippen LogP) is 4.58. The fourth-order valence-corrected chi connectivity index (χ4v) is 3.23. The second-order valence-corrected chi connectivity index (χ2v) is 5.91. The summed E-state index contributed by atoms with van der Waals surface area (Å²) in [4.78, 5) is 0. The first-order chi connectivity index (χ1) is 9.96. The molecule has 2 aromatic carbocycles. The monoisotopic (exact) mass is 303 g/mol. The molecule has 1 atom stereocenters. The van der Waals surface area contributed by atoms with Crippen LogP contribution in [0.2, 0.25) is 5.02 Å². The van der Waals surface area contributed by atoms with E-state index in [-0.39, 0.29) is 6.04 Å². The second kappa shape index (κ2) is 6.50. The van der Waals surface area contributed by atoms with Crippen molar-refractivity contribution >= 4 is 11.6 Å². The first-order valence-electron chi connectivity index (χ1n) is 7.05. The zero-order valence-electron chi connectivity index (χ0n) is 13.3. The number of nitrogens with one attached hydrogen (secondary N) is 1. The van der Waals surface area contributed by atoms with Crippen LogP contribution in [0.3, 0.4) is 0 Å². The van der Waals surface area contributed by atoms with E-state index in [4.69, 9.17) is 16.3 Å². The van der Waals surface area contributed by atoms with Gasteiger partial charge < -0.3 is 10.1 Å². The Hall–Kier alpha value is -1.51. The number of halogens is 1. The third-order valence-corrected chi connectivity index (χ3v) is 3.92. The predicted molar refractivity (Wildman–Crippen MR) is 89.6 cm³/mol. The first-order valence-corrected chi connectivity index (χ1v) is 7.43. The van der Waals surface area contributed by atoms with Gasteiger partial charge in [-0.3, -0.25) is 0 Å². The molecule has 0 spiro atoms. The van der Waals surface area contributed by atoms with Gasteiger partial charge in [-0.15, -0.1) is 0 Å². The van der Waals surface area contributed by atoms with E-state index in [1.807, 2.05) is 19.2 Å². The molecule has 0 aromatic heterocycles. The molecule has 1 unspecified atom stereocenters. The van der Waals surface area contributed by atoms with Crippen molar-refractivity contribution in [2.75, 3.05) is 14.2 Å². The number of hydrogen-bond donors (Lipinski definition) is 1. The SMILES string of the molecule is CNC(c1cc(C)cc(Cl)c1)c1cc(C)c(OC)c(C)c1. The number of hydrogen-bond acceptors (Lipinski definition) is 2. The highest BCUT2D eigenvalue weighted by Crippen LogP contribution is 2.31. The Kier molecular flexibility index (Phi) is 4.92. The smallest absolute Gasteiger partial charge is 0.124 e. The molecule has 3 heteroatoms. The molecule has 0 aliphatic heterocycles. The average Bonchev–Trinajstić information content (AvgIpc) is 2.38. The van der Waals surface area contributed by atoms with Crippen molar-refractivity contribution in [3.8, 4) is 5.75 Å². The normalized spacial score (nSPS) is 12.3. The van der Waals surface area contributed by atoms with Crippen LogP contribution >= 0.6 is 11.6 Å². The van der Waals surface area contributed by atoms with Gasteiger partial charge in [0.15, 0.2) is 0 Å². The summed E-state index contributed by atoms with van der Waals surface area (Å²) in [5, 5.41) is 4.15. The van der Waals surface area contributed by atoms with Crippen molar-refractivity contribution < 1.29 is 4.74 Å². The van der Waals surface area contributed by atoms with Gasteiger partial charge in [0.1, 0.15) is 5.75 Å². The lowest BCUT2D eigenvalue weighted by atomic mass is 9.94. The maximum Gasteiger partial charge on any atom is 0.124 e. The van der Waals surface area contributed by atoms with Crippen LogP contribution in [0.25, 0.3) is 0 Å². The van der Waals surface area contributed by atoms with Gasteiger partial charge in [-0.05, 0) is 67.8 Å². The Balaban J connectivity index is 2.51. The molecule has 0 fully saturated rings. The topological polar surface area (TPSA) is 21.3 Å². The molecule has 2 aromatic rings. The summed E-state index contributed by atoms with van der Waals surface area (Å²) >= 11 is 6.20. The van der Waals surface area contributed by atoms with Gasteiger partial charge in [-0.1, -0.05) is 29.8 Å². The molecule has 0 bridgehead atoms. The van der Waals surface area contributed by atoms with Crippen LogP contribution in [0.5, 0.6) is 5.75 Å². The Bertz CT molecular complexity index is 608. The van der Waals surface area contributed by atoms with Crippen LogP contribution in [0.15, 0.2) is 30.3 Å². The number of aryl methyl sites for hydroxylation is 3. The molecule has 2 nitrogen and oxygen atoms in total. The molecular formula is C18H22ClNO. The van der Waals surface area contributed by atoms with Crippen molar-refractivity contribution in [3.05, 3.63) is 63.2 Å². The molecule has 112 valence electrons. The van der Waals surface area contributed by atoms with Crippen LogP contribution in [-0.2, 0) is 0 Å². The van der Waals surface area contributed by atoms with Crippen LogP contribution in [0, 0.1) is 20.8 Å². The lowest BCUT2D eigenvalue weighted by Gasteiger charge is -2.20. The maximum absolute atomic E-state index is 6.20. The van der Waals surface area contributed by atoms with Gasteiger partial charge in [0.25, 0.3) is 0 Å². The van der Waals surface area contributed by atoms with E-state index in [9.17, 15) is 0 Å². The Morgan fingerprint density at radius 3 is 2.00 bits per heavy atom. The highest BCUT2D eigenvalue weighted by Gasteiger charge is 2.16. The largest absolute Gasteiger partial charge is 0.496 e. The zero-order chi connectivity index (χ0) is 15.6. The van der Waals surface area contributed by atoms with E-state index in [1.165, 1.54) is 16.7 Å². The molecule has 21 heavy (non-hydrogen) atoms. The lowest BCUT2D eigenvalue weighted by Crippen LogP contribution is -2.18. The van der Waals surface area contributed by atoms with E-state index < -0.39 is 0 Å². The van der Waals surface area contributed by atoms with Crippen LogP contribution in [0.4, 0.5) is 0 Å². The molecule has 0 amide bonds. The van der Waals surface area contributed by atoms with Crippen molar-refractivity contribution in [2.45, 2.75) is 26.8 Å². The van der Waals surface area contributed by atoms with E-state index in [1.54, 1.807) is 7.11 Å². The Morgan fingerprint density at radius 2 is 1.52 bits per heavy atom. The number of rotatable bonds is 4. The van der Waals surface area contributed by atoms with Gasteiger partial charge in [0, 0.05) is 5.02 Å². The summed E-state index contributed by atoms with van der Waals surface area (Å²) in [7, 11) is 3.68. The summed E-state index contributed by atoms with van der Waals surface area (Å²) in [5.41, 5.74) is 5.85. The molecule has 0 heterocycles. The molecule has 0 radical (unpaired) electrons. The first kappa shape index (κ1) is 15.9. The summed E-state index contributed by atoms with van der Waals surface area (Å²) in [6, 6.07) is 10.6. The van der Waals surface area contributed by atoms with Gasteiger partial charge in [-0.2, -0.15) is 0 Å². The molecular weight excluding hydrogens is 282 g/mol. The van der Waals surface area contributed by atoms with Crippen LogP contribution in [-0.4, -0.2) is 14.2 Å². The molecule has 0 saturated carbocycles. The van der Waals surface area contributed by atoms with Crippen molar-refractivity contribution in [1.29, 1.82) is 0 Å². The highest BCUT2D eigenvalue weighted by atomic mass is 35.5. The minimum atomic E-state index is 0.116. The highest BCUT2D eigenvalue weighted by molar-refractivity contribution is 6.30. The quantitative estimate of drug-likeness (QED) is 0.892. The molecule has 2 rings (SSSR count). The van der Waals surface area contributed by atoms with Gasteiger partial charge in [0.05, 0.1) is 13.2 Å². The minimum absolute atomic E-state index is 0.116. The molecule has 1 N–H and O–H groups in total. The van der Waals surface area contributed by atoms with Gasteiger partial charge >= 0.3 is 0 Å². The standard InChI is InChI=1S/C18H22ClNO/c1-11-6-14(10-16(19)7-11)17(20-4)15-8-12(2)18(21-5)13(3)9-15/h6-10,17,20H,1-5H3. The van der Waals surface area contributed by atoms with Gasteiger partial charge in [0.2, 0.25) is 0 Å². The number of ether oxygens (including phenoxy) is 1. The van der Waals surface area contributed by atoms with Crippen LogP contribution < -0.4 is 10.1 Å². The fourth-order valence-electron chi connectivity index (χ4n) is 2.93. The van der Waals surface area contributed by atoms with Crippen LogP contribution in [0.1, 0.15) is 33.9 Å². The molecule has 0 aliphatic rings. The lowest BCUT2D eigenvalue weighted by molar-refractivity contribution is 0.408. The third kappa shape index (κ3) is 3.39. The average molecular weight is 304 g/mol.